The van der Waals surface area contributed by atoms with Crippen molar-refractivity contribution in [3.05, 3.63) is 81.4 Å². The molecule has 0 radical (unpaired) electrons. The van der Waals surface area contributed by atoms with Crippen LogP contribution in [0, 0.1) is 6.92 Å². The van der Waals surface area contributed by atoms with Crippen LogP contribution in [-0.4, -0.2) is 46.8 Å². The number of carboxylic acids is 1. The highest BCUT2D eigenvalue weighted by Crippen LogP contribution is 2.37. The zero-order chi connectivity index (χ0) is 27.8. The fraction of sp³-hybridized carbons (Fsp3) is 0.286. The molecular weight excluding hydrogens is 501 g/mol. The number of carbonyl (C=O) groups excluding carboxylic acids is 3. The Morgan fingerprint density at radius 1 is 1.00 bits per heavy atom. The molecule has 10 heteroatoms. The number of halogens is 3. The van der Waals surface area contributed by atoms with Crippen molar-refractivity contribution in [2.24, 2.45) is 0 Å². The zero-order valence-corrected chi connectivity index (χ0v) is 20.7. The molecule has 0 aliphatic carbocycles. The summed E-state index contributed by atoms with van der Waals surface area (Å²) >= 11 is 0. The average molecular weight is 527 g/mol. The molecule has 38 heavy (non-hydrogen) atoms. The van der Waals surface area contributed by atoms with Crippen LogP contribution >= 0.6 is 0 Å². The second-order valence-electron chi connectivity index (χ2n) is 9.15. The minimum Gasteiger partial charge on any atom is -0.478 e. The van der Waals surface area contributed by atoms with E-state index in [4.69, 9.17) is 0 Å². The summed E-state index contributed by atoms with van der Waals surface area (Å²) in [6.45, 7) is 3.73. The molecule has 0 bridgehead atoms. The van der Waals surface area contributed by atoms with Crippen molar-refractivity contribution in [3.8, 4) is 0 Å². The molecule has 4 rings (SSSR count). The third kappa shape index (κ3) is 4.85. The van der Waals surface area contributed by atoms with Crippen LogP contribution in [0.3, 0.4) is 0 Å². The number of nitrogens with one attached hydrogen (secondary N) is 1. The standard InChI is InChI=1S/C28H25F3N2O5/c1-3-4-12-33-25(35)18-8-9-19(27(37)38)22-20(13-15(2)21(23(18)22)26(33)36)24(34)32-11-10-16-6-5-7-17(14-16)28(29,30)31/h5-9,13-14H,3-4,10-12H2,1-2H3,(H,32,34)(H,37,38). The lowest BCUT2D eigenvalue weighted by atomic mass is 9.85. The summed E-state index contributed by atoms with van der Waals surface area (Å²) in [5.74, 6) is -3.10. The number of nitrogens with zero attached hydrogens (tertiary/aromatic N) is 1. The van der Waals surface area contributed by atoms with Gasteiger partial charge in [0.25, 0.3) is 17.7 Å². The molecule has 1 aliphatic rings. The van der Waals surface area contributed by atoms with Gasteiger partial charge in [0.15, 0.2) is 0 Å². The third-order valence-corrected chi connectivity index (χ3v) is 6.58. The van der Waals surface area contributed by atoms with Crippen molar-refractivity contribution >= 4 is 34.5 Å². The smallest absolute Gasteiger partial charge is 0.416 e. The molecule has 198 valence electrons. The van der Waals surface area contributed by atoms with Gasteiger partial charge in [0.2, 0.25) is 0 Å². The van der Waals surface area contributed by atoms with Crippen molar-refractivity contribution in [2.45, 2.75) is 39.3 Å². The number of imide groups is 1. The van der Waals surface area contributed by atoms with E-state index >= 15 is 0 Å². The molecule has 0 fully saturated rings. The maximum atomic E-state index is 13.3. The van der Waals surface area contributed by atoms with Gasteiger partial charge >= 0.3 is 12.1 Å². The van der Waals surface area contributed by atoms with Gasteiger partial charge in [-0.05, 0) is 55.2 Å². The first kappa shape index (κ1) is 26.8. The van der Waals surface area contributed by atoms with Gasteiger partial charge < -0.3 is 10.4 Å². The molecule has 3 aromatic carbocycles. The lowest BCUT2D eigenvalue weighted by Crippen LogP contribution is -2.41. The normalized spacial score (nSPS) is 13.2. The summed E-state index contributed by atoms with van der Waals surface area (Å²) < 4.78 is 39.0. The van der Waals surface area contributed by atoms with E-state index < -0.39 is 35.4 Å². The molecule has 1 heterocycles. The van der Waals surface area contributed by atoms with Gasteiger partial charge in [-0.15, -0.1) is 0 Å². The van der Waals surface area contributed by atoms with E-state index in [1.54, 1.807) is 6.92 Å². The number of aryl methyl sites for hydroxylation is 1. The fourth-order valence-electron chi connectivity index (χ4n) is 4.72. The van der Waals surface area contributed by atoms with Crippen molar-refractivity contribution < 1.29 is 37.5 Å². The average Bonchev–Trinajstić information content (AvgIpc) is 2.86. The van der Waals surface area contributed by atoms with Gasteiger partial charge in [-0.25, -0.2) is 4.79 Å². The monoisotopic (exact) mass is 526 g/mol. The van der Waals surface area contributed by atoms with E-state index in [-0.39, 0.29) is 52.5 Å². The third-order valence-electron chi connectivity index (χ3n) is 6.58. The minimum atomic E-state index is -4.49. The molecule has 2 N–H and O–H groups in total. The van der Waals surface area contributed by atoms with Gasteiger partial charge in [0.05, 0.1) is 16.7 Å². The molecular formula is C28H25F3N2O5. The summed E-state index contributed by atoms with van der Waals surface area (Å²) in [6, 6.07) is 8.77. The Morgan fingerprint density at radius 3 is 2.39 bits per heavy atom. The van der Waals surface area contributed by atoms with Crippen LogP contribution in [0.4, 0.5) is 13.2 Å². The number of benzene rings is 3. The highest BCUT2D eigenvalue weighted by molar-refractivity contribution is 6.30. The Morgan fingerprint density at radius 2 is 1.74 bits per heavy atom. The number of hydrogen-bond acceptors (Lipinski definition) is 4. The van der Waals surface area contributed by atoms with Crippen LogP contribution in [0.25, 0.3) is 10.8 Å². The molecule has 0 unspecified atom stereocenters. The van der Waals surface area contributed by atoms with Crippen LogP contribution < -0.4 is 5.32 Å². The Kier molecular flexibility index (Phi) is 7.26. The number of carbonyl (C=O) groups is 4. The van der Waals surface area contributed by atoms with Crippen LogP contribution in [0.1, 0.15) is 77.9 Å². The van der Waals surface area contributed by atoms with Crippen molar-refractivity contribution in [1.82, 2.24) is 10.2 Å². The fourth-order valence-corrected chi connectivity index (χ4v) is 4.72. The van der Waals surface area contributed by atoms with E-state index in [0.29, 0.717) is 17.5 Å². The van der Waals surface area contributed by atoms with E-state index in [1.165, 1.54) is 30.3 Å². The largest absolute Gasteiger partial charge is 0.478 e. The SMILES string of the molecule is CCCCN1C(=O)c2ccc(C(=O)O)c3c(C(=O)NCCc4cccc(C(F)(F)F)c4)cc(C)c(c23)C1=O. The van der Waals surface area contributed by atoms with Gasteiger partial charge in [-0.2, -0.15) is 13.2 Å². The molecule has 7 nitrogen and oxygen atoms in total. The predicted octanol–water partition coefficient (Wildman–Crippen LogP) is 5.23. The Labute approximate surface area is 216 Å². The predicted molar refractivity (Wildman–Crippen MR) is 133 cm³/mol. The van der Waals surface area contributed by atoms with E-state index in [9.17, 15) is 37.5 Å². The number of unbranched alkanes of at least 4 members (excludes halogenated alkanes) is 1. The molecule has 3 amide bonds. The summed E-state index contributed by atoms with van der Waals surface area (Å²) in [7, 11) is 0. The number of carboxylic acid groups (broad SMARTS) is 1. The Bertz CT molecular complexity index is 1480. The molecule has 0 atom stereocenters. The van der Waals surface area contributed by atoms with Crippen LogP contribution in [0.5, 0.6) is 0 Å². The molecule has 0 aromatic heterocycles. The van der Waals surface area contributed by atoms with E-state index in [0.717, 1.165) is 23.5 Å². The first-order chi connectivity index (χ1) is 18.0. The van der Waals surface area contributed by atoms with E-state index in [1.807, 2.05) is 6.92 Å². The topological polar surface area (TPSA) is 104 Å². The van der Waals surface area contributed by atoms with Gasteiger partial charge in [0.1, 0.15) is 0 Å². The maximum absolute atomic E-state index is 13.3. The minimum absolute atomic E-state index is 0.0206. The van der Waals surface area contributed by atoms with Gasteiger partial charge in [0, 0.05) is 35.0 Å². The number of amides is 3. The summed E-state index contributed by atoms with van der Waals surface area (Å²) in [5, 5.41) is 12.6. The highest BCUT2D eigenvalue weighted by atomic mass is 19.4. The molecule has 0 spiro atoms. The summed E-state index contributed by atoms with van der Waals surface area (Å²) in [6.07, 6.45) is -3.02. The number of hydrogen-bond donors (Lipinski definition) is 2. The summed E-state index contributed by atoms with van der Waals surface area (Å²) in [4.78, 5) is 53.0. The van der Waals surface area contributed by atoms with Crippen molar-refractivity contribution in [1.29, 1.82) is 0 Å². The zero-order valence-electron chi connectivity index (χ0n) is 20.7. The highest BCUT2D eigenvalue weighted by Gasteiger charge is 2.36. The van der Waals surface area contributed by atoms with Gasteiger partial charge in [-0.1, -0.05) is 31.5 Å². The Hall–Kier alpha value is -4.21. The number of aromatic carboxylic acids is 1. The number of rotatable bonds is 8. The first-order valence-electron chi connectivity index (χ1n) is 12.1. The number of alkyl halides is 3. The Balaban J connectivity index is 1.72. The molecule has 3 aromatic rings. The first-order valence-corrected chi connectivity index (χ1v) is 12.1. The second kappa shape index (κ2) is 10.3. The van der Waals surface area contributed by atoms with Crippen LogP contribution in [-0.2, 0) is 12.6 Å². The maximum Gasteiger partial charge on any atom is 0.416 e. The molecule has 0 saturated heterocycles. The molecule has 0 saturated carbocycles. The quantitative estimate of drug-likeness (QED) is 0.391. The van der Waals surface area contributed by atoms with Crippen LogP contribution in [0.15, 0.2) is 42.5 Å². The van der Waals surface area contributed by atoms with Crippen LogP contribution in [0.2, 0.25) is 0 Å². The van der Waals surface area contributed by atoms with E-state index in [2.05, 4.69) is 5.32 Å². The van der Waals surface area contributed by atoms with Crippen molar-refractivity contribution in [2.75, 3.05) is 13.1 Å². The van der Waals surface area contributed by atoms with Crippen molar-refractivity contribution in [3.63, 3.8) is 0 Å². The lowest BCUT2D eigenvalue weighted by molar-refractivity contribution is -0.137. The summed E-state index contributed by atoms with van der Waals surface area (Å²) in [5.41, 5.74) is 0.00886. The second-order valence-corrected chi connectivity index (χ2v) is 9.15. The van der Waals surface area contributed by atoms with Gasteiger partial charge in [-0.3, -0.25) is 19.3 Å². The lowest BCUT2D eigenvalue weighted by Gasteiger charge is -2.29. The molecule has 1 aliphatic heterocycles.